The molecule has 10 nitrogen and oxygen atoms in total. The van der Waals surface area contributed by atoms with E-state index in [-0.39, 0.29) is 40.3 Å². The molecule has 2 N–H and O–H groups in total. The Kier molecular flexibility index (Phi) is 10.4. The van der Waals surface area contributed by atoms with E-state index in [1.165, 1.54) is 24.3 Å². The van der Waals surface area contributed by atoms with E-state index in [2.05, 4.69) is 10.6 Å². The fraction of sp³-hybridized carbons (Fsp3) is 0.167. The van der Waals surface area contributed by atoms with Crippen molar-refractivity contribution in [2.45, 2.75) is 13.3 Å². The predicted molar refractivity (Wildman–Crippen MR) is 160 cm³/mol. The number of benzene rings is 3. The fourth-order valence-corrected chi connectivity index (χ4v) is 4.77. The van der Waals surface area contributed by atoms with Crippen molar-refractivity contribution in [3.05, 3.63) is 93.9 Å². The van der Waals surface area contributed by atoms with Crippen molar-refractivity contribution in [1.82, 2.24) is 4.90 Å². The van der Waals surface area contributed by atoms with Gasteiger partial charge in [0.1, 0.15) is 12.3 Å². The van der Waals surface area contributed by atoms with Crippen LogP contribution in [0.2, 0.25) is 5.02 Å². The van der Waals surface area contributed by atoms with Crippen LogP contribution in [0.25, 0.3) is 6.08 Å². The van der Waals surface area contributed by atoms with Gasteiger partial charge in [0.05, 0.1) is 22.1 Å². The number of hydrogen-bond acceptors (Lipinski definition) is 8. The zero-order valence-corrected chi connectivity index (χ0v) is 24.0. The maximum Gasteiger partial charge on any atom is 0.339 e. The van der Waals surface area contributed by atoms with Crippen molar-refractivity contribution in [2.24, 2.45) is 0 Å². The Morgan fingerprint density at radius 1 is 0.929 bits per heavy atom. The largest absolute Gasteiger partial charge is 0.483 e. The third kappa shape index (κ3) is 7.99. The Hall–Kier alpha value is -4.61. The van der Waals surface area contributed by atoms with Gasteiger partial charge in [0.15, 0.2) is 6.61 Å². The molecule has 0 bridgehead atoms. The third-order valence-corrected chi connectivity index (χ3v) is 6.94. The number of carbonyl (C=O) groups excluding carboxylic acids is 5. The molecule has 4 rings (SSSR count). The first-order chi connectivity index (χ1) is 20.2. The molecular formula is C30H26ClN3O7S. The number of anilines is 2. The van der Waals surface area contributed by atoms with Gasteiger partial charge in [-0.25, -0.2) is 4.79 Å². The molecule has 1 heterocycles. The summed E-state index contributed by atoms with van der Waals surface area (Å²) in [7, 11) is 0. The van der Waals surface area contributed by atoms with E-state index in [4.69, 9.17) is 21.1 Å². The van der Waals surface area contributed by atoms with Crippen LogP contribution in [0.5, 0.6) is 5.75 Å². The number of amides is 4. The highest BCUT2D eigenvalue weighted by atomic mass is 35.5. The van der Waals surface area contributed by atoms with Gasteiger partial charge in [-0.3, -0.25) is 24.1 Å². The second-order valence-corrected chi connectivity index (χ2v) is 10.3. The fourth-order valence-electron chi connectivity index (χ4n) is 3.75. The summed E-state index contributed by atoms with van der Waals surface area (Å²) in [5.74, 6) is -1.97. The van der Waals surface area contributed by atoms with Gasteiger partial charge >= 0.3 is 5.97 Å². The lowest BCUT2D eigenvalue weighted by Gasteiger charge is -2.13. The van der Waals surface area contributed by atoms with Gasteiger partial charge in [-0.05, 0) is 60.7 Å². The van der Waals surface area contributed by atoms with Gasteiger partial charge in [-0.15, -0.1) is 0 Å². The van der Waals surface area contributed by atoms with Gasteiger partial charge in [0.2, 0.25) is 5.91 Å². The van der Waals surface area contributed by atoms with E-state index < -0.39 is 29.6 Å². The summed E-state index contributed by atoms with van der Waals surface area (Å²) in [6, 6.07) is 20.0. The highest BCUT2D eigenvalue weighted by Crippen LogP contribution is 2.34. The molecular weight excluding hydrogens is 582 g/mol. The molecule has 3 aromatic carbocycles. The maximum absolute atomic E-state index is 13.0. The van der Waals surface area contributed by atoms with Crippen LogP contribution in [0, 0.1) is 0 Å². The first-order valence-corrected chi connectivity index (χ1v) is 14.0. The van der Waals surface area contributed by atoms with Crippen LogP contribution in [0.3, 0.4) is 0 Å². The van der Waals surface area contributed by atoms with Gasteiger partial charge in [-0.1, -0.05) is 54.9 Å². The number of imide groups is 1. The lowest BCUT2D eigenvalue weighted by molar-refractivity contribution is -0.127. The first kappa shape index (κ1) is 30.4. The zero-order valence-electron chi connectivity index (χ0n) is 22.4. The number of nitrogens with one attached hydrogen (secondary N) is 2. The summed E-state index contributed by atoms with van der Waals surface area (Å²) < 4.78 is 10.8. The number of hydrogen-bond donors (Lipinski definition) is 2. The maximum atomic E-state index is 13.0. The minimum absolute atomic E-state index is 0.0791. The van der Waals surface area contributed by atoms with E-state index in [0.29, 0.717) is 35.2 Å². The smallest absolute Gasteiger partial charge is 0.339 e. The summed E-state index contributed by atoms with van der Waals surface area (Å²) in [5, 5.41) is 4.83. The summed E-state index contributed by atoms with van der Waals surface area (Å²) in [6.45, 7) is 1.26. The molecule has 3 aromatic rings. The number of halogens is 1. The zero-order chi connectivity index (χ0) is 30.1. The van der Waals surface area contributed by atoms with Crippen LogP contribution < -0.4 is 15.4 Å². The van der Waals surface area contributed by atoms with Crippen molar-refractivity contribution >= 4 is 69.7 Å². The van der Waals surface area contributed by atoms with Crippen LogP contribution in [0.4, 0.5) is 16.2 Å². The molecule has 1 fully saturated rings. The normalized spacial score (nSPS) is 13.7. The Morgan fingerprint density at radius 3 is 2.40 bits per heavy atom. The number of rotatable bonds is 11. The molecule has 0 atom stereocenters. The first-order valence-electron chi connectivity index (χ1n) is 12.8. The number of nitrogens with zero attached hydrogens (tertiary/aromatic N) is 1. The van der Waals surface area contributed by atoms with Crippen molar-refractivity contribution < 1.29 is 33.4 Å². The Morgan fingerprint density at radius 2 is 1.64 bits per heavy atom. The van der Waals surface area contributed by atoms with Gasteiger partial charge in [0.25, 0.3) is 17.1 Å². The Bertz CT molecular complexity index is 1540. The van der Waals surface area contributed by atoms with E-state index in [9.17, 15) is 24.0 Å². The summed E-state index contributed by atoms with van der Waals surface area (Å²) in [6.07, 6.45) is 2.11. The summed E-state index contributed by atoms with van der Waals surface area (Å²) in [5.41, 5.74) is 1.43. The molecule has 0 aliphatic carbocycles. The minimum atomic E-state index is -0.656. The highest BCUT2D eigenvalue weighted by molar-refractivity contribution is 8.18. The van der Waals surface area contributed by atoms with E-state index in [0.717, 1.165) is 4.90 Å². The average molecular weight is 608 g/mol. The summed E-state index contributed by atoms with van der Waals surface area (Å²) in [4.78, 5) is 63.8. The SMILES string of the molecule is CCCOC(=O)c1cc(NC(=O)CN2C(=O)S/C(=C/c3ccccc3OCC(=O)Nc3ccccc3)C2=O)ccc1Cl. The molecule has 12 heteroatoms. The van der Waals surface area contributed by atoms with Crippen LogP contribution in [0.1, 0.15) is 29.3 Å². The number of esters is 1. The predicted octanol–water partition coefficient (Wildman–Crippen LogP) is 5.60. The van der Waals surface area contributed by atoms with E-state index >= 15 is 0 Å². The minimum Gasteiger partial charge on any atom is -0.483 e. The molecule has 0 radical (unpaired) electrons. The monoisotopic (exact) mass is 607 g/mol. The second-order valence-electron chi connectivity index (χ2n) is 8.89. The molecule has 0 saturated carbocycles. The van der Waals surface area contributed by atoms with Crippen molar-refractivity contribution in [3.63, 3.8) is 0 Å². The average Bonchev–Trinajstić information content (AvgIpc) is 3.24. The van der Waals surface area contributed by atoms with Crippen molar-refractivity contribution in [1.29, 1.82) is 0 Å². The van der Waals surface area contributed by atoms with E-state index in [1.807, 2.05) is 13.0 Å². The topological polar surface area (TPSA) is 131 Å². The number of para-hydroxylation sites is 2. The van der Waals surface area contributed by atoms with Gasteiger partial charge < -0.3 is 20.1 Å². The molecule has 4 amide bonds. The number of ether oxygens (including phenoxy) is 2. The third-order valence-electron chi connectivity index (χ3n) is 5.70. The van der Waals surface area contributed by atoms with Crippen LogP contribution in [0.15, 0.2) is 77.7 Å². The molecule has 0 aromatic heterocycles. The standard InChI is InChI=1S/C30H26ClN3O7S/c1-2-14-40-29(38)22-16-21(12-13-23(22)31)33-26(35)17-34-28(37)25(42-30(34)39)15-19-8-6-7-11-24(19)41-18-27(36)32-20-9-4-3-5-10-20/h3-13,15-16H,2,14,17-18H2,1H3,(H,32,36)(H,33,35)/b25-15+. The molecule has 1 aliphatic heterocycles. The highest BCUT2D eigenvalue weighted by Gasteiger charge is 2.36. The van der Waals surface area contributed by atoms with Crippen LogP contribution in [-0.4, -0.2) is 53.6 Å². The molecule has 0 unspecified atom stereocenters. The van der Waals surface area contributed by atoms with Crippen molar-refractivity contribution in [3.8, 4) is 5.75 Å². The number of thioether (sulfide) groups is 1. The van der Waals surface area contributed by atoms with Crippen molar-refractivity contribution in [2.75, 3.05) is 30.4 Å². The van der Waals surface area contributed by atoms with Crippen LogP contribution in [-0.2, 0) is 19.1 Å². The Balaban J connectivity index is 1.39. The summed E-state index contributed by atoms with van der Waals surface area (Å²) >= 11 is 6.78. The number of carbonyl (C=O) groups is 5. The van der Waals surface area contributed by atoms with Gasteiger partial charge in [0, 0.05) is 16.9 Å². The molecule has 1 saturated heterocycles. The lowest BCUT2D eigenvalue weighted by atomic mass is 10.2. The molecule has 42 heavy (non-hydrogen) atoms. The second kappa shape index (κ2) is 14.3. The quantitative estimate of drug-likeness (QED) is 0.213. The molecule has 0 spiro atoms. The van der Waals surface area contributed by atoms with E-state index in [1.54, 1.807) is 48.5 Å². The van der Waals surface area contributed by atoms with Gasteiger partial charge in [-0.2, -0.15) is 0 Å². The Labute approximate surface area is 251 Å². The molecule has 1 aliphatic rings. The molecule has 216 valence electrons. The lowest BCUT2D eigenvalue weighted by Crippen LogP contribution is -2.36. The van der Waals surface area contributed by atoms with Crippen LogP contribution >= 0.6 is 23.4 Å².